The maximum absolute atomic E-state index is 9.93. The van der Waals surface area contributed by atoms with E-state index in [9.17, 15) is 5.11 Å². The van der Waals surface area contributed by atoms with Crippen LogP contribution in [0.5, 0.6) is 0 Å². The van der Waals surface area contributed by atoms with Crippen LogP contribution in [0, 0.1) is 5.92 Å². The van der Waals surface area contributed by atoms with Crippen LogP contribution in [-0.4, -0.2) is 21.0 Å². The molecule has 1 aromatic rings. The average molecular weight is 178 g/mol. The van der Waals surface area contributed by atoms with Gasteiger partial charge in [0.1, 0.15) is 0 Å². The van der Waals surface area contributed by atoms with E-state index in [-0.39, 0.29) is 6.10 Å². The first-order chi connectivity index (χ1) is 6.27. The Morgan fingerprint density at radius 3 is 3.23 bits per heavy atom. The number of fused-ring (bicyclic) bond motifs is 4. The van der Waals surface area contributed by atoms with Gasteiger partial charge < -0.3 is 5.11 Å². The second-order valence-corrected chi connectivity index (χ2v) is 4.31. The Morgan fingerprint density at radius 1 is 1.54 bits per heavy atom. The Balaban J connectivity index is 2.13. The lowest BCUT2D eigenvalue weighted by molar-refractivity contribution is 0.107. The van der Waals surface area contributed by atoms with Crippen molar-refractivity contribution in [3.8, 4) is 0 Å². The minimum Gasteiger partial charge on any atom is -0.392 e. The Hall–Kier alpha value is -0.830. The molecule has 0 spiro atoms. The molecule has 0 aliphatic heterocycles. The average Bonchev–Trinajstić information content (AvgIpc) is 2.59. The number of hydrogen-bond acceptors (Lipinski definition) is 2. The molecule has 0 radical (unpaired) electrons. The van der Waals surface area contributed by atoms with Crippen LogP contribution in [0.25, 0.3) is 0 Å². The molecule has 1 fully saturated rings. The SMILES string of the molecule is Cn1ncc2c1C[C@H]1CC[C@H]2[C@@H]1O. The van der Waals surface area contributed by atoms with Crippen molar-refractivity contribution in [1.29, 1.82) is 0 Å². The Kier molecular flexibility index (Phi) is 1.37. The number of rotatable bonds is 0. The van der Waals surface area contributed by atoms with Gasteiger partial charge in [-0.1, -0.05) is 0 Å². The van der Waals surface area contributed by atoms with Crippen LogP contribution in [0.2, 0.25) is 0 Å². The highest BCUT2D eigenvalue weighted by Gasteiger charge is 2.42. The summed E-state index contributed by atoms with van der Waals surface area (Å²) in [6.07, 6.45) is 5.18. The molecule has 2 aliphatic rings. The molecule has 1 N–H and O–H groups in total. The summed E-state index contributed by atoms with van der Waals surface area (Å²) in [5.74, 6) is 0.871. The number of aliphatic hydroxyl groups excluding tert-OH is 1. The predicted octanol–water partition coefficient (Wildman–Crippen LogP) is 0.831. The van der Waals surface area contributed by atoms with E-state index in [0.29, 0.717) is 11.8 Å². The third-order valence-electron chi connectivity index (χ3n) is 3.69. The summed E-state index contributed by atoms with van der Waals surface area (Å²) in [6.45, 7) is 0. The molecular formula is C10H14N2O. The molecule has 13 heavy (non-hydrogen) atoms. The molecule has 1 heterocycles. The summed E-state index contributed by atoms with van der Waals surface area (Å²) >= 11 is 0. The van der Waals surface area contributed by atoms with Crippen molar-refractivity contribution in [2.75, 3.05) is 0 Å². The summed E-state index contributed by atoms with van der Waals surface area (Å²) in [5.41, 5.74) is 2.64. The quantitative estimate of drug-likeness (QED) is 0.639. The maximum atomic E-state index is 9.93. The third-order valence-corrected chi connectivity index (χ3v) is 3.69. The van der Waals surface area contributed by atoms with Gasteiger partial charge in [0.2, 0.25) is 0 Å². The standard InChI is InChI=1S/C10H14N2O/c1-12-9-4-6-2-3-7(10(6)13)8(9)5-11-12/h5-7,10,13H,2-4H2,1H3/t6-,7-,10-/m1/s1. The van der Waals surface area contributed by atoms with Crippen molar-refractivity contribution < 1.29 is 5.11 Å². The summed E-state index contributed by atoms with van der Waals surface area (Å²) in [6, 6.07) is 0. The van der Waals surface area contributed by atoms with Gasteiger partial charge in [-0.25, -0.2) is 0 Å². The van der Waals surface area contributed by atoms with Gasteiger partial charge in [-0.2, -0.15) is 5.10 Å². The molecule has 3 nitrogen and oxygen atoms in total. The van der Waals surface area contributed by atoms with Gasteiger partial charge in [0, 0.05) is 18.7 Å². The fourth-order valence-electron chi connectivity index (χ4n) is 2.91. The Bertz CT molecular complexity index is 345. The van der Waals surface area contributed by atoms with E-state index in [2.05, 4.69) is 5.10 Å². The molecule has 1 aromatic heterocycles. The molecule has 3 rings (SSSR count). The molecule has 0 saturated heterocycles. The minimum absolute atomic E-state index is 0.100. The summed E-state index contributed by atoms with van der Waals surface area (Å²) in [7, 11) is 2.00. The minimum atomic E-state index is -0.100. The van der Waals surface area contributed by atoms with Crippen molar-refractivity contribution in [1.82, 2.24) is 9.78 Å². The maximum Gasteiger partial charge on any atom is 0.0641 e. The van der Waals surface area contributed by atoms with E-state index >= 15 is 0 Å². The van der Waals surface area contributed by atoms with E-state index in [1.807, 2.05) is 17.9 Å². The van der Waals surface area contributed by atoms with Crippen LogP contribution in [0.4, 0.5) is 0 Å². The van der Waals surface area contributed by atoms with Gasteiger partial charge in [-0.05, 0) is 30.7 Å². The smallest absolute Gasteiger partial charge is 0.0641 e. The zero-order valence-electron chi connectivity index (χ0n) is 7.77. The van der Waals surface area contributed by atoms with Crippen LogP contribution in [-0.2, 0) is 13.5 Å². The topological polar surface area (TPSA) is 38.0 Å². The fourth-order valence-corrected chi connectivity index (χ4v) is 2.91. The van der Waals surface area contributed by atoms with E-state index in [4.69, 9.17) is 0 Å². The number of aryl methyl sites for hydroxylation is 1. The van der Waals surface area contributed by atoms with E-state index < -0.39 is 0 Å². The van der Waals surface area contributed by atoms with Crippen molar-refractivity contribution in [3.05, 3.63) is 17.5 Å². The first kappa shape index (κ1) is 7.56. The van der Waals surface area contributed by atoms with Crippen molar-refractivity contribution >= 4 is 0 Å². The van der Waals surface area contributed by atoms with Crippen LogP contribution < -0.4 is 0 Å². The van der Waals surface area contributed by atoms with Crippen LogP contribution in [0.3, 0.4) is 0 Å². The molecule has 3 atom stereocenters. The molecule has 3 heteroatoms. The van der Waals surface area contributed by atoms with Gasteiger partial charge in [0.25, 0.3) is 0 Å². The predicted molar refractivity (Wildman–Crippen MR) is 48.4 cm³/mol. The lowest BCUT2D eigenvalue weighted by atomic mass is 9.85. The summed E-state index contributed by atoms with van der Waals surface area (Å²) in [5, 5.41) is 14.2. The molecule has 1 saturated carbocycles. The van der Waals surface area contributed by atoms with Crippen molar-refractivity contribution in [2.45, 2.75) is 31.3 Å². The summed E-state index contributed by atoms with van der Waals surface area (Å²) in [4.78, 5) is 0. The highest BCUT2D eigenvalue weighted by molar-refractivity contribution is 5.30. The molecular weight excluding hydrogens is 164 g/mol. The highest BCUT2D eigenvalue weighted by atomic mass is 16.3. The molecule has 0 amide bonds. The normalized spacial score (nSPS) is 36.3. The zero-order chi connectivity index (χ0) is 9.00. The number of hydrogen-bond donors (Lipinski definition) is 1. The van der Waals surface area contributed by atoms with Gasteiger partial charge >= 0.3 is 0 Å². The largest absolute Gasteiger partial charge is 0.392 e. The molecule has 2 aliphatic carbocycles. The number of aromatic nitrogens is 2. The second-order valence-electron chi connectivity index (χ2n) is 4.31. The van der Waals surface area contributed by atoms with Gasteiger partial charge in [0.05, 0.1) is 12.3 Å². The first-order valence-electron chi connectivity index (χ1n) is 4.96. The zero-order valence-corrected chi connectivity index (χ0v) is 7.77. The van der Waals surface area contributed by atoms with Crippen molar-refractivity contribution in [2.24, 2.45) is 13.0 Å². The Labute approximate surface area is 77.4 Å². The van der Waals surface area contributed by atoms with Crippen LogP contribution >= 0.6 is 0 Å². The van der Waals surface area contributed by atoms with Crippen molar-refractivity contribution in [3.63, 3.8) is 0 Å². The van der Waals surface area contributed by atoms with E-state index in [1.165, 1.54) is 17.7 Å². The lowest BCUT2D eigenvalue weighted by Crippen LogP contribution is -2.27. The Morgan fingerprint density at radius 2 is 2.38 bits per heavy atom. The second kappa shape index (κ2) is 2.35. The van der Waals surface area contributed by atoms with Gasteiger partial charge in [-0.15, -0.1) is 0 Å². The van der Waals surface area contributed by atoms with Gasteiger partial charge in [-0.3, -0.25) is 4.68 Å². The molecule has 2 bridgehead atoms. The van der Waals surface area contributed by atoms with Crippen LogP contribution in [0.15, 0.2) is 6.20 Å². The lowest BCUT2D eigenvalue weighted by Gasteiger charge is -2.25. The third kappa shape index (κ3) is 0.854. The molecule has 0 unspecified atom stereocenters. The number of nitrogens with zero attached hydrogens (tertiary/aromatic N) is 2. The molecule has 0 aromatic carbocycles. The monoisotopic (exact) mass is 178 g/mol. The van der Waals surface area contributed by atoms with Gasteiger partial charge in [0.15, 0.2) is 0 Å². The summed E-state index contributed by atoms with van der Waals surface area (Å²) < 4.78 is 1.96. The van der Waals surface area contributed by atoms with Crippen LogP contribution in [0.1, 0.15) is 30.0 Å². The van der Waals surface area contributed by atoms with E-state index in [0.717, 1.165) is 12.8 Å². The first-order valence-corrected chi connectivity index (χ1v) is 4.96. The highest BCUT2D eigenvalue weighted by Crippen LogP contribution is 2.45. The van der Waals surface area contributed by atoms with E-state index in [1.54, 1.807) is 0 Å². The fraction of sp³-hybridized carbons (Fsp3) is 0.700. The number of aliphatic hydroxyl groups is 1. The molecule has 70 valence electrons.